The summed E-state index contributed by atoms with van der Waals surface area (Å²) in [6.45, 7) is 2.49. The van der Waals surface area contributed by atoms with Gasteiger partial charge in [-0.25, -0.2) is 0 Å². The van der Waals surface area contributed by atoms with Crippen LogP contribution in [0.1, 0.15) is 32.1 Å². The quantitative estimate of drug-likeness (QED) is 0.672. The molecule has 1 spiro atoms. The summed E-state index contributed by atoms with van der Waals surface area (Å²) in [4.78, 5) is 13.3. The lowest BCUT2D eigenvalue weighted by Crippen LogP contribution is -2.62. The first-order chi connectivity index (χ1) is 10.1. The van der Waals surface area contributed by atoms with E-state index in [1.54, 1.807) is 18.2 Å². The van der Waals surface area contributed by atoms with Crippen molar-refractivity contribution in [2.75, 3.05) is 24.5 Å². The highest BCUT2D eigenvalue weighted by Crippen LogP contribution is 2.44. The summed E-state index contributed by atoms with van der Waals surface area (Å²) in [5, 5.41) is 15.3. The van der Waals surface area contributed by atoms with Gasteiger partial charge in [-0.15, -0.1) is 0 Å². The lowest BCUT2D eigenvalue weighted by atomic mass is 9.78. The molecule has 1 N–H and O–H groups in total. The van der Waals surface area contributed by atoms with Crippen LogP contribution in [0.2, 0.25) is 5.02 Å². The van der Waals surface area contributed by atoms with Crippen LogP contribution < -0.4 is 10.2 Å². The Labute approximate surface area is 129 Å². The first-order valence-electron chi connectivity index (χ1n) is 7.55. The van der Waals surface area contributed by atoms with Gasteiger partial charge >= 0.3 is 0 Å². The molecule has 1 aliphatic carbocycles. The maximum Gasteiger partial charge on any atom is 0.294 e. The average Bonchev–Trinajstić information content (AvgIpc) is 2.49. The standard InChI is InChI=1S/C15H20ClN3O2/c16-12-5-4-6-13(19(20)21)14(12)18-10-9-17-11-15(18)7-2-1-3-8-15/h4-6,17H,1-3,7-11H2. The van der Waals surface area contributed by atoms with E-state index in [1.807, 2.05) is 0 Å². The second-order valence-electron chi connectivity index (χ2n) is 5.98. The number of anilines is 1. The molecule has 21 heavy (non-hydrogen) atoms. The third-order valence-electron chi connectivity index (χ3n) is 4.76. The Kier molecular flexibility index (Phi) is 4.04. The summed E-state index contributed by atoms with van der Waals surface area (Å²) in [7, 11) is 0. The third kappa shape index (κ3) is 2.60. The average molecular weight is 310 g/mol. The van der Waals surface area contributed by atoms with Crippen molar-refractivity contribution in [3.63, 3.8) is 0 Å². The number of hydrogen-bond acceptors (Lipinski definition) is 4. The Morgan fingerprint density at radius 2 is 2.05 bits per heavy atom. The van der Waals surface area contributed by atoms with Crippen LogP contribution >= 0.6 is 11.6 Å². The Bertz CT molecular complexity index is 535. The molecule has 3 rings (SSSR count). The fourth-order valence-electron chi connectivity index (χ4n) is 3.77. The van der Waals surface area contributed by atoms with Crippen LogP contribution in [0.4, 0.5) is 11.4 Å². The van der Waals surface area contributed by atoms with Gasteiger partial charge in [-0.1, -0.05) is 36.9 Å². The zero-order valence-electron chi connectivity index (χ0n) is 12.0. The SMILES string of the molecule is O=[N+]([O-])c1cccc(Cl)c1N1CCNCC12CCCCC2. The van der Waals surface area contributed by atoms with E-state index in [4.69, 9.17) is 11.6 Å². The van der Waals surface area contributed by atoms with Crippen LogP contribution in [0.25, 0.3) is 0 Å². The predicted octanol–water partition coefficient (Wildman–Crippen LogP) is 3.36. The molecular formula is C15H20ClN3O2. The molecular weight excluding hydrogens is 290 g/mol. The smallest absolute Gasteiger partial charge is 0.294 e. The molecule has 5 nitrogen and oxygen atoms in total. The number of benzene rings is 1. The molecule has 1 saturated heterocycles. The van der Waals surface area contributed by atoms with Gasteiger partial charge in [-0.2, -0.15) is 0 Å². The summed E-state index contributed by atoms with van der Waals surface area (Å²) in [5.74, 6) is 0. The van der Waals surface area contributed by atoms with Crippen molar-refractivity contribution in [2.45, 2.75) is 37.6 Å². The highest BCUT2D eigenvalue weighted by Gasteiger charge is 2.42. The maximum atomic E-state index is 11.4. The minimum atomic E-state index is -0.320. The van der Waals surface area contributed by atoms with E-state index in [0.717, 1.165) is 32.5 Å². The molecule has 1 aliphatic heterocycles. The Morgan fingerprint density at radius 3 is 2.76 bits per heavy atom. The Morgan fingerprint density at radius 1 is 1.29 bits per heavy atom. The first-order valence-corrected chi connectivity index (χ1v) is 7.93. The molecule has 6 heteroatoms. The molecule has 2 aliphatic rings. The van der Waals surface area contributed by atoms with Crippen LogP contribution in [-0.2, 0) is 0 Å². The van der Waals surface area contributed by atoms with Gasteiger partial charge in [0, 0.05) is 25.7 Å². The van der Waals surface area contributed by atoms with Gasteiger partial charge in [-0.3, -0.25) is 10.1 Å². The molecule has 1 saturated carbocycles. The van der Waals surface area contributed by atoms with Crippen molar-refractivity contribution in [1.82, 2.24) is 5.32 Å². The number of hydrogen-bond donors (Lipinski definition) is 1. The number of nitrogens with zero attached hydrogens (tertiary/aromatic N) is 2. The van der Waals surface area contributed by atoms with Crippen molar-refractivity contribution in [3.8, 4) is 0 Å². The van der Waals surface area contributed by atoms with E-state index in [0.29, 0.717) is 10.7 Å². The fraction of sp³-hybridized carbons (Fsp3) is 0.600. The number of nitrogens with one attached hydrogen (secondary N) is 1. The van der Waals surface area contributed by atoms with E-state index in [9.17, 15) is 10.1 Å². The Hall–Kier alpha value is -1.33. The minimum absolute atomic E-state index is 0.0216. The van der Waals surface area contributed by atoms with Crippen LogP contribution in [0.5, 0.6) is 0 Å². The topological polar surface area (TPSA) is 58.4 Å². The molecule has 1 heterocycles. The summed E-state index contributed by atoms with van der Waals surface area (Å²) in [6, 6.07) is 4.96. The van der Waals surface area contributed by atoms with E-state index in [1.165, 1.54) is 19.3 Å². The normalized spacial score (nSPS) is 21.5. The summed E-state index contributed by atoms with van der Waals surface area (Å²) in [5.41, 5.74) is 0.702. The second-order valence-corrected chi connectivity index (χ2v) is 6.39. The van der Waals surface area contributed by atoms with Gasteiger partial charge in [0.05, 0.1) is 15.5 Å². The van der Waals surface area contributed by atoms with E-state index >= 15 is 0 Å². The van der Waals surface area contributed by atoms with Gasteiger partial charge in [0.15, 0.2) is 0 Å². The van der Waals surface area contributed by atoms with Gasteiger partial charge in [0.1, 0.15) is 5.69 Å². The van der Waals surface area contributed by atoms with E-state index < -0.39 is 0 Å². The highest BCUT2D eigenvalue weighted by atomic mass is 35.5. The largest absolute Gasteiger partial charge is 0.357 e. The zero-order chi connectivity index (χ0) is 14.9. The predicted molar refractivity (Wildman–Crippen MR) is 84.1 cm³/mol. The number of rotatable bonds is 2. The third-order valence-corrected chi connectivity index (χ3v) is 5.06. The molecule has 1 aromatic rings. The molecule has 0 unspecified atom stereocenters. The van der Waals surface area contributed by atoms with Crippen LogP contribution in [0, 0.1) is 10.1 Å². The fourth-order valence-corrected chi connectivity index (χ4v) is 4.04. The molecule has 114 valence electrons. The number of nitro groups is 1. The molecule has 0 bridgehead atoms. The molecule has 0 amide bonds. The van der Waals surface area contributed by atoms with Gasteiger partial charge < -0.3 is 10.2 Å². The molecule has 0 radical (unpaired) electrons. The van der Waals surface area contributed by atoms with E-state index in [2.05, 4.69) is 10.2 Å². The van der Waals surface area contributed by atoms with E-state index in [-0.39, 0.29) is 16.1 Å². The van der Waals surface area contributed by atoms with Gasteiger partial charge in [0.2, 0.25) is 0 Å². The molecule has 0 aromatic heterocycles. The molecule has 1 aromatic carbocycles. The minimum Gasteiger partial charge on any atom is -0.357 e. The molecule has 0 atom stereocenters. The summed E-state index contributed by atoms with van der Waals surface area (Å²) < 4.78 is 0. The van der Waals surface area contributed by atoms with Crippen molar-refractivity contribution in [3.05, 3.63) is 33.3 Å². The number of nitro benzene ring substituents is 1. The van der Waals surface area contributed by atoms with Crippen molar-refractivity contribution in [2.24, 2.45) is 0 Å². The van der Waals surface area contributed by atoms with Crippen molar-refractivity contribution in [1.29, 1.82) is 0 Å². The number of para-hydroxylation sites is 1. The van der Waals surface area contributed by atoms with Crippen LogP contribution in [-0.4, -0.2) is 30.1 Å². The second kappa shape index (κ2) is 5.81. The van der Waals surface area contributed by atoms with Crippen LogP contribution in [0.3, 0.4) is 0 Å². The maximum absolute atomic E-state index is 11.4. The first kappa shape index (κ1) is 14.6. The monoisotopic (exact) mass is 309 g/mol. The molecule has 2 fully saturated rings. The lowest BCUT2D eigenvalue weighted by molar-refractivity contribution is -0.384. The van der Waals surface area contributed by atoms with Crippen molar-refractivity contribution < 1.29 is 4.92 Å². The van der Waals surface area contributed by atoms with Gasteiger partial charge in [0.25, 0.3) is 5.69 Å². The lowest BCUT2D eigenvalue weighted by Gasteiger charge is -2.51. The van der Waals surface area contributed by atoms with Crippen molar-refractivity contribution >= 4 is 23.0 Å². The van der Waals surface area contributed by atoms with Gasteiger partial charge in [-0.05, 0) is 18.9 Å². The Balaban J connectivity index is 2.06. The number of halogens is 1. The zero-order valence-corrected chi connectivity index (χ0v) is 12.7. The highest BCUT2D eigenvalue weighted by molar-refractivity contribution is 6.33. The number of piperazine rings is 1. The van der Waals surface area contributed by atoms with Crippen LogP contribution in [0.15, 0.2) is 18.2 Å². The summed E-state index contributed by atoms with van der Waals surface area (Å²) >= 11 is 6.34. The summed E-state index contributed by atoms with van der Waals surface area (Å²) in [6.07, 6.45) is 5.75.